The molecule has 4 aromatic rings. The van der Waals surface area contributed by atoms with Crippen molar-refractivity contribution in [1.29, 1.82) is 0 Å². The summed E-state index contributed by atoms with van der Waals surface area (Å²) in [6.07, 6.45) is -0.806. The SMILES string of the molecule is ClC(Br)(CC(Br)(Br)O[Si](OC(Br)(Br)CC(Cl)(Br)Oc1ccccc1)(OC(Br)(Br)CC(Cl)(Br)Oc1ccccc1)OC(Br)(Br)CC(Cl)(Br)Oc1ccccc1)Oc1ccccc1. The van der Waals surface area contributed by atoms with E-state index in [1.54, 1.807) is 97.1 Å². The van der Waals surface area contributed by atoms with Gasteiger partial charge >= 0.3 is 9.05 Å². The molecule has 0 N–H and O–H groups in total. The third kappa shape index (κ3) is 22.1. The molecule has 0 saturated carbocycles. The number of benzene rings is 4. The molecule has 4 aromatic carbocycles. The highest BCUT2D eigenvalue weighted by atomic mass is 79.9. The zero-order valence-corrected chi connectivity index (χ0v) is 53.2. The molecule has 4 atom stereocenters. The van der Waals surface area contributed by atoms with Crippen LogP contribution in [0.5, 0.6) is 23.0 Å². The Balaban J connectivity index is 1.80. The normalized spacial score (nSPS) is 17.7. The van der Waals surface area contributed by atoms with Crippen LogP contribution in [0.25, 0.3) is 0 Å². The molecule has 0 amide bonds. The van der Waals surface area contributed by atoms with Gasteiger partial charge in [0.2, 0.25) is 15.9 Å². The molecular weight excluding hydrogens is 1690 g/mol. The average Bonchev–Trinajstić information content (AvgIpc) is 3.05. The van der Waals surface area contributed by atoms with E-state index in [9.17, 15) is 0 Å². The molecule has 0 saturated heterocycles. The minimum absolute atomic E-state index is 0.201. The fraction of sp³-hybridized carbons (Fsp3) is 0.333. The molecule has 0 bridgehead atoms. The van der Waals surface area contributed by atoms with Gasteiger partial charge in [-0.25, -0.2) is 0 Å². The number of ether oxygens (including phenoxy) is 4. The van der Waals surface area contributed by atoms with Gasteiger partial charge in [0.25, 0.3) is 0 Å². The number of hydrogen-bond acceptors (Lipinski definition) is 8. The van der Waals surface area contributed by atoms with Crippen molar-refractivity contribution in [3.63, 3.8) is 0 Å². The maximum atomic E-state index is 6.95. The first-order chi connectivity index (χ1) is 28.0. The van der Waals surface area contributed by atoms with Crippen LogP contribution in [-0.2, 0) is 17.7 Å². The molecule has 0 radical (unpaired) electrons. The quantitative estimate of drug-likeness (QED) is 0.0507. The highest BCUT2D eigenvalue weighted by Crippen LogP contribution is 2.55. The standard InChI is InChI=1S/C36H28Br12Cl4O8Si/c37-29(38,21-33(45,49)53-25-13-5-1-6-14-25)57-61(58-30(39,40)22-34(46,50)54-26-15-7-2-8-16-26,59-31(41,42)23-35(47,51)55-27-17-9-3-10-18-27)60-32(43,44)24-36(48,52)56-28-19-11-4-12-20-28/h1-20H,21-24H2. The Hall–Kier alpha value is 3.06. The van der Waals surface area contributed by atoms with Gasteiger partial charge in [-0.15, -0.1) is 0 Å². The summed E-state index contributed by atoms with van der Waals surface area (Å²) in [7, 11) is -5.02. The second-order valence-corrected chi connectivity index (χ2v) is 38.1. The minimum Gasteiger partial charge on any atom is -0.462 e. The lowest BCUT2D eigenvalue weighted by Crippen LogP contribution is -2.61. The Morgan fingerprint density at radius 3 is 0.639 bits per heavy atom. The third-order valence-electron chi connectivity index (χ3n) is 6.79. The zero-order valence-electron chi connectivity index (χ0n) is 30.2. The number of alkyl halides is 16. The predicted molar refractivity (Wildman–Crippen MR) is 289 cm³/mol. The van der Waals surface area contributed by atoms with E-state index in [0.29, 0.717) is 23.0 Å². The van der Waals surface area contributed by atoms with Gasteiger partial charge in [0.1, 0.15) is 23.0 Å². The van der Waals surface area contributed by atoms with Gasteiger partial charge in [-0.05, 0) is 240 Å². The molecule has 0 heterocycles. The monoisotopic (exact) mass is 1700 g/mol. The van der Waals surface area contributed by atoms with Crippen LogP contribution in [0.3, 0.4) is 0 Å². The van der Waals surface area contributed by atoms with E-state index in [-0.39, 0.29) is 25.7 Å². The van der Waals surface area contributed by atoms with E-state index >= 15 is 0 Å². The lowest BCUT2D eigenvalue weighted by molar-refractivity contribution is -0.0805. The Labute approximate surface area is 475 Å². The van der Waals surface area contributed by atoms with Crippen molar-refractivity contribution in [3.05, 3.63) is 121 Å². The van der Waals surface area contributed by atoms with E-state index < -0.39 is 38.6 Å². The van der Waals surface area contributed by atoms with Gasteiger partial charge in [-0.3, -0.25) is 0 Å². The van der Waals surface area contributed by atoms with Gasteiger partial charge in [-0.2, -0.15) is 0 Å². The van der Waals surface area contributed by atoms with Gasteiger partial charge in [0.05, 0.1) is 25.7 Å². The van der Waals surface area contributed by atoms with E-state index in [0.717, 1.165) is 0 Å². The van der Waals surface area contributed by atoms with Crippen molar-refractivity contribution in [2.24, 2.45) is 0 Å². The highest BCUT2D eigenvalue weighted by molar-refractivity contribution is 9.26. The Morgan fingerprint density at radius 1 is 0.311 bits per heavy atom. The van der Waals surface area contributed by atoms with Crippen LogP contribution >= 0.6 is 238 Å². The van der Waals surface area contributed by atoms with Crippen LogP contribution in [0.4, 0.5) is 0 Å². The largest absolute Gasteiger partial charge is 0.686 e. The lowest BCUT2D eigenvalue weighted by atomic mass is 10.3. The number of hydrogen-bond donors (Lipinski definition) is 0. The van der Waals surface area contributed by atoms with E-state index in [1.165, 1.54) is 0 Å². The maximum absolute atomic E-state index is 6.95. The number of para-hydroxylation sites is 4. The molecule has 25 heteroatoms. The summed E-state index contributed by atoms with van der Waals surface area (Å²) in [5.74, 6) is 1.81. The molecule has 0 spiro atoms. The molecule has 0 aliphatic carbocycles. The molecule has 336 valence electrons. The zero-order chi connectivity index (χ0) is 45.4. The molecule has 0 aliphatic rings. The highest BCUT2D eigenvalue weighted by Gasteiger charge is 2.65. The first-order valence-electron chi connectivity index (χ1n) is 16.8. The molecule has 4 unspecified atom stereocenters. The van der Waals surface area contributed by atoms with Crippen LogP contribution < -0.4 is 18.9 Å². The molecule has 0 aromatic heterocycles. The summed E-state index contributed by atoms with van der Waals surface area (Å²) >= 11 is 70.7. The fourth-order valence-corrected chi connectivity index (χ4v) is 22.4. The van der Waals surface area contributed by atoms with Crippen molar-refractivity contribution >= 4 is 247 Å². The van der Waals surface area contributed by atoms with Crippen molar-refractivity contribution < 1.29 is 36.7 Å². The van der Waals surface area contributed by atoms with Crippen molar-refractivity contribution in [1.82, 2.24) is 0 Å². The first kappa shape index (κ1) is 56.6. The first-order valence-corrected chi connectivity index (χ1v) is 29.4. The summed E-state index contributed by atoms with van der Waals surface area (Å²) in [5.41, 5.74) is 0. The van der Waals surface area contributed by atoms with E-state index in [2.05, 4.69) is 191 Å². The van der Waals surface area contributed by atoms with Crippen molar-refractivity contribution in [3.8, 4) is 23.0 Å². The van der Waals surface area contributed by atoms with Crippen molar-refractivity contribution in [2.45, 2.75) is 55.2 Å². The average molecular weight is 1720 g/mol. The van der Waals surface area contributed by atoms with E-state index in [4.69, 9.17) is 83.1 Å². The molecule has 0 fully saturated rings. The Morgan fingerprint density at radius 2 is 0.475 bits per heavy atom. The second kappa shape index (κ2) is 23.8. The van der Waals surface area contributed by atoms with Gasteiger partial charge in [0, 0.05) is 0 Å². The Kier molecular flexibility index (Phi) is 22.1. The summed E-state index contributed by atoms with van der Waals surface area (Å²) < 4.78 is 38.5. The van der Waals surface area contributed by atoms with Crippen LogP contribution in [-0.4, -0.2) is 38.6 Å². The summed E-state index contributed by atoms with van der Waals surface area (Å²) in [6, 6.07) is 35.6. The van der Waals surface area contributed by atoms with Crippen LogP contribution in [0.15, 0.2) is 121 Å². The predicted octanol–water partition coefficient (Wildman–Crippen LogP) is 18.3. The number of halogens is 16. The summed E-state index contributed by atoms with van der Waals surface area (Å²) in [6.45, 7) is 0. The van der Waals surface area contributed by atoms with Crippen LogP contribution in [0, 0.1) is 0 Å². The Bertz CT molecular complexity index is 1680. The van der Waals surface area contributed by atoms with Gasteiger partial charge < -0.3 is 36.7 Å². The second-order valence-electron chi connectivity index (χ2n) is 12.4. The topological polar surface area (TPSA) is 73.8 Å². The summed E-state index contributed by atoms with van der Waals surface area (Å²) in [5, 5.41) is 0. The third-order valence-corrected chi connectivity index (χ3v) is 17.7. The van der Waals surface area contributed by atoms with E-state index in [1.807, 2.05) is 24.3 Å². The van der Waals surface area contributed by atoms with Crippen molar-refractivity contribution in [2.75, 3.05) is 0 Å². The number of rotatable bonds is 24. The molecular formula is C36H28Br12Cl4O8Si. The maximum Gasteiger partial charge on any atom is 0.686 e. The van der Waals surface area contributed by atoms with Gasteiger partial charge in [0.15, 0.2) is 13.7 Å². The molecule has 0 aliphatic heterocycles. The minimum atomic E-state index is -5.02. The van der Waals surface area contributed by atoms with Gasteiger partial charge in [-0.1, -0.05) is 119 Å². The van der Waals surface area contributed by atoms with Crippen LogP contribution in [0.2, 0.25) is 0 Å². The fourth-order valence-electron chi connectivity index (χ4n) is 4.75. The molecule has 8 nitrogen and oxygen atoms in total. The summed E-state index contributed by atoms with van der Waals surface area (Å²) in [4.78, 5) is 0. The smallest absolute Gasteiger partial charge is 0.462 e. The lowest BCUT2D eigenvalue weighted by Gasteiger charge is -2.44. The molecule has 61 heavy (non-hydrogen) atoms. The molecule has 4 rings (SSSR count). The van der Waals surface area contributed by atoms with Crippen LogP contribution in [0.1, 0.15) is 25.7 Å².